The lowest BCUT2D eigenvalue weighted by Gasteiger charge is -2.12. The first kappa shape index (κ1) is 26.9. The first-order valence-electron chi connectivity index (χ1n) is 10.5. The molecule has 1 heterocycles. The zero-order valence-corrected chi connectivity index (χ0v) is 22.2. The second-order valence-electron chi connectivity index (χ2n) is 7.18. The predicted molar refractivity (Wildman–Crippen MR) is 146 cm³/mol. The standard InChI is InChI=1S/C24H23ClFN3O3S3/c1-3-32-23(31)21-20(15-7-5-4-6-8-15)14(2)35-22(21)27-24(33)29-28-19(30)13-34-12-16-9-10-17(26)11-18(16)25/h4-11H,3,12-13H2,1-2H3,(H,28,30)(H2,27,29,33). The first-order valence-corrected chi connectivity index (χ1v) is 13.3. The third-order valence-electron chi connectivity index (χ3n) is 4.67. The van der Waals surface area contributed by atoms with Gasteiger partial charge in [-0.2, -0.15) is 0 Å². The number of esters is 1. The molecule has 0 bridgehead atoms. The van der Waals surface area contributed by atoms with Crippen LogP contribution in [0.25, 0.3) is 11.1 Å². The third kappa shape index (κ3) is 7.41. The Balaban J connectivity index is 1.60. The van der Waals surface area contributed by atoms with Gasteiger partial charge in [0.25, 0.3) is 0 Å². The monoisotopic (exact) mass is 551 g/mol. The van der Waals surface area contributed by atoms with Gasteiger partial charge in [-0.1, -0.05) is 48.0 Å². The molecule has 0 aliphatic heterocycles. The number of ether oxygens (including phenoxy) is 1. The van der Waals surface area contributed by atoms with E-state index in [1.807, 2.05) is 37.3 Å². The number of thiophene rings is 1. The van der Waals surface area contributed by atoms with Crippen LogP contribution in [0.3, 0.4) is 0 Å². The summed E-state index contributed by atoms with van der Waals surface area (Å²) in [7, 11) is 0. The quantitative estimate of drug-likeness (QED) is 0.181. The molecule has 1 amide bonds. The number of carbonyl (C=O) groups excluding carboxylic acids is 2. The number of amides is 1. The number of rotatable bonds is 8. The zero-order valence-electron chi connectivity index (χ0n) is 18.9. The molecule has 0 aliphatic rings. The molecule has 1 aromatic heterocycles. The highest BCUT2D eigenvalue weighted by molar-refractivity contribution is 7.99. The number of benzene rings is 2. The molecule has 6 nitrogen and oxygen atoms in total. The van der Waals surface area contributed by atoms with E-state index in [0.717, 1.165) is 21.6 Å². The van der Waals surface area contributed by atoms with Crippen molar-refractivity contribution in [3.05, 3.63) is 75.4 Å². The second kappa shape index (κ2) is 12.9. The summed E-state index contributed by atoms with van der Waals surface area (Å²) in [5.41, 5.74) is 7.97. The molecule has 3 N–H and O–H groups in total. The van der Waals surface area contributed by atoms with Crippen molar-refractivity contribution in [2.75, 3.05) is 17.7 Å². The van der Waals surface area contributed by atoms with Crippen molar-refractivity contribution in [1.29, 1.82) is 0 Å². The predicted octanol–water partition coefficient (Wildman–Crippen LogP) is 5.94. The van der Waals surface area contributed by atoms with E-state index in [9.17, 15) is 14.0 Å². The lowest BCUT2D eigenvalue weighted by Crippen LogP contribution is -2.44. The maximum Gasteiger partial charge on any atom is 0.341 e. The zero-order chi connectivity index (χ0) is 25.4. The Bertz CT molecular complexity index is 1220. The number of thioether (sulfide) groups is 1. The van der Waals surface area contributed by atoms with E-state index in [1.165, 1.54) is 35.2 Å². The van der Waals surface area contributed by atoms with Crippen molar-refractivity contribution in [2.24, 2.45) is 0 Å². The lowest BCUT2D eigenvalue weighted by atomic mass is 10.0. The summed E-state index contributed by atoms with van der Waals surface area (Å²) in [6.07, 6.45) is 0. The van der Waals surface area contributed by atoms with E-state index in [0.29, 0.717) is 21.3 Å². The number of thiocarbonyl (C=S) groups is 1. The van der Waals surface area contributed by atoms with Crippen molar-refractivity contribution >= 4 is 68.9 Å². The maximum absolute atomic E-state index is 13.1. The van der Waals surface area contributed by atoms with Crippen LogP contribution in [0.5, 0.6) is 0 Å². The molecule has 0 saturated carbocycles. The minimum Gasteiger partial charge on any atom is -0.462 e. The molecule has 0 aliphatic carbocycles. The fourth-order valence-corrected chi connectivity index (χ4v) is 5.60. The number of carbonyl (C=O) groups is 2. The summed E-state index contributed by atoms with van der Waals surface area (Å²) in [5, 5.41) is 3.96. The van der Waals surface area contributed by atoms with Gasteiger partial charge in [-0.15, -0.1) is 23.1 Å². The van der Waals surface area contributed by atoms with Crippen LogP contribution >= 0.6 is 46.9 Å². The van der Waals surface area contributed by atoms with Crippen LogP contribution < -0.4 is 16.2 Å². The number of aryl methyl sites for hydroxylation is 1. The van der Waals surface area contributed by atoms with Gasteiger partial charge in [0.15, 0.2) is 5.11 Å². The van der Waals surface area contributed by atoms with Crippen molar-refractivity contribution in [1.82, 2.24) is 10.9 Å². The molecule has 3 rings (SSSR count). The molecule has 3 aromatic rings. The normalized spacial score (nSPS) is 10.5. The molecule has 0 fully saturated rings. The number of nitrogens with one attached hydrogen (secondary N) is 3. The number of hydrazine groups is 1. The molecular formula is C24H23ClFN3O3S3. The van der Waals surface area contributed by atoms with Gasteiger partial charge in [-0.3, -0.25) is 15.6 Å². The van der Waals surface area contributed by atoms with Crippen molar-refractivity contribution in [3.8, 4) is 11.1 Å². The third-order valence-corrected chi connectivity index (χ3v) is 7.23. The molecule has 184 valence electrons. The molecule has 0 unspecified atom stereocenters. The molecule has 35 heavy (non-hydrogen) atoms. The fraction of sp³-hybridized carbons (Fsp3) is 0.208. The Labute approximate surface area is 221 Å². The minimum atomic E-state index is -0.458. The van der Waals surface area contributed by atoms with Gasteiger partial charge >= 0.3 is 5.97 Å². The minimum absolute atomic E-state index is 0.122. The number of hydrogen-bond donors (Lipinski definition) is 3. The van der Waals surface area contributed by atoms with E-state index < -0.39 is 11.8 Å². The van der Waals surface area contributed by atoms with Gasteiger partial charge in [0, 0.05) is 21.2 Å². The van der Waals surface area contributed by atoms with Crippen LogP contribution in [0.1, 0.15) is 27.7 Å². The summed E-state index contributed by atoms with van der Waals surface area (Å²) in [6, 6.07) is 13.7. The van der Waals surface area contributed by atoms with Gasteiger partial charge in [0.05, 0.1) is 12.4 Å². The highest BCUT2D eigenvalue weighted by Gasteiger charge is 2.25. The highest BCUT2D eigenvalue weighted by atomic mass is 35.5. The summed E-state index contributed by atoms with van der Waals surface area (Å²) in [5.74, 6) is -0.589. The number of anilines is 1. The van der Waals surface area contributed by atoms with Crippen LogP contribution in [-0.2, 0) is 15.3 Å². The Kier molecular flexibility index (Phi) is 9.91. The van der Waals surface area contributed by atoms with Crippen LogP contribution in [-0.4, -0.2) is 29.3 Å². The van der Waals surface area contributed by atoms with Crippen LogP contribution in [0.15, 0.2) is 48.5 Å². The van der Waals surface area contributed by atoms with Gasteiger partial charge in [-0.05, 0) is 49.3 Å². The molecule has 0 radical (unpaired) electrons. The van der Waals surface area contributed by atoms with E-state index >= 15 is 0 Å². The first-order chi connectivity index (χ1) is 16.8. The Morgan fingerprint density at radius 2 is 1.91 bits per heavy atom. The topological polar surface area (TPSA) is 79.5 Å². The van der Waals surface area contributed by atoms with Crippen molar-refractivity contribution < 1.29 is 18.7 Å². The molecule has 11 heteroatoms. The van der Waals surface area contributed by atoms with Crippen LogP contribution in [0, 0.1) is 12.7 Å². The fourth-order valence-electron chi connectivity index (χ4n) is 3.17. The maximum atomic E-state index is 13.1. The molecular weight excluding hydrogens is 529 g/mol. The summed E-state index contributed by atoms with van der Waals surface area (Å²) < 4.78 is 18.4. The Hall–Kier alpha value is -2.66. The van der Waals surface area contributed by atoms with Gasteiger partial charge in [-0.25, -0.2) is 9.18 Å². The average Bonchev–Trinajstić information content (AvgIpc) is 3.15. The van der Waals surface area contributed by atoms with E-state index in [1.54, 1.807) is 13.0 Å². The van der Waals surface area contributed by atoms with Gasteiger partial charge in [0.1, 0.15) is 16.4 Å². The number of halogens is 2. The molecule has 2 aromatic carbocycles. The molecule has 0 atom stereocenters. The Morgan fingerprint density at radius 1 is 1.17 bits per heavy atom. The van der Waals surface area contributed by atoms with Crippen molar-refractivity contribution in [2.45, 2.75) is 19.6 Å². The number of hydrogen-bond acceptors (Lipinski definition) is 6. The van der Waals surface area contributed by atoms with E-state index in [2.05, 4.69) is 16.2 Å². The second-order valence-corrected chi connectivity index (χ2v) is 10.2. The van der Waals surface area contributed by atoms with Gasteiger partial charge < -0.3 is 10.1 Å². The molecule has 0 spiro atoms. The van der Waals surface area contributed by atoms with Crippen LogP contribution in [0.4, 0.5) is 9.39 Å². The smallest absolute Gasteiger partial charge is 0.341 e. The Morgan fingerprint density at radius 3 is 2.60 bits per heavy atom. The van der Waals surface area contributed by atoms with E-state index in [-0.39, 0.29) is 23.4 Å². The summed E-state index contributed by atoms with van der Waals surface area (Å²) in [6.45, 7) is 3.90. The van der Waals surface area contributed by atoms with E-state index in [4.69, 9.17) is 28.6 Å². The molecule has 0 saturated heterocycles. The van der Waals surface area contributed by atoms with Crippen LogP contribution in [0.2, 0.25) is 5.02 Å². The average molecular weight is 552 g/mol. The van der Waals surface area contributed by atoms with Crippen molar-refractivity contribution in [3.63, 3.8) is 0 Å². The summed E-state index contributed by atoms with van der Waals surface area (Å²) >= 11 is 14.0. The summed E-state index contributed by atoms with van der Waals surface area (Å²) in [4.78, 5) is 25.9. The highest BCUT2D eigenvalue weighted by Crippen LogP contribution is 2.40. The largest absolute Gasteiger partial charge is 0.462 e. The SMILES string of the molecule is CCOC(=O)c1c(NC(=S)NNC(=O)CSCc2ccc(F)cc2Cl)sc(C)c1-c1ccccc1. The lowest BCUT2D eigenvalue weighted by molar-refractivity contribution is -0.119. The van der Waals surface area contributed by atoms with Gasteiger partial charge in [0.2, 0.25) is 5.91 Å².